The Hall–Kier alpha value is -5.71. The van der Waals surface area contributed by atoms with Crippen LogP contribution in [0, 0.1) is 0 Å². The predicted octanol–water partition coefficient (Wildman–Crippen LogP) is 12.2. The van der Waals surface area contributed by atoms with E-state index in [4.69, 9.17) is 9.40 Å². The minimum atomic E-state index is 0.641. The molecule has 0 unspecified atom stereocenters. The summed E-state index contributed by atoms with van der Waals surface area (Å²) in [6, 6.07) is 55.6. The van der Waals surface area contributed by atoms with Gasteiger partial charge in [0, 0.05) is 48.2 Å². The number of anilines is 3. The number of para-hydroxylation sites is 1. The number of hydrogen-bond donors (Lipinski definition) is 0. The summed E-state index contributed by atoms with van der Waals surface area (Å²) in [5.41, 5.74) is 8.35. The van der Waals surface area contributed by atoms with Crippen molar-refractivity contribution in [3.8, 4) is 22.6 Å². The fourth-order valence-corrected chi connectivity index (χ4v) is 7.51. The Morgan fingerprint density at radius 3 is 1.98 bits per heavy atom. The van der Waals surface area contributed by atoms with Crippen molar-refractivity contribution in [1.82, 2.24) is 4.98 Å². The van der Waals surface area contributed by atoms with E-state index in [1.165, 1.54) is 25.7 Å². The number of nitrogens with zero attached hydrogens (tertiary/aromatic N) is 2. The number of benzene rings is 7. The zero-order valence-corrected chi connectivity index (χ0v) is 25.0. The number of oxazole rings is 1. The molecule has 0 N–H and O–H groups in total. The molecule has 45 heavy (non-hydrogen) atoms. The van der Waals surface area contributed by atoms with Gasteiger partial charge in [0.2, 0.25) is 5.89 Å². The largest absolute Gasteiger partial charge is 0.436 e. The smallest absolute Gasteiger partial charge is 0.227 e. The van der Waals surface area contributed by atoms with E-state index < -0.39 is 0 Å². The van der Waals surface area contributed by atoms with Gasteiger partial charge in [-0.2, -0.15) is 0 Å². The first kappa shape index (κ1) is 25.8. The third kappa shape index (κ3) is 4.38. The quantitative estimate of drug-likeness (QED) is 0.198. The highest BCUT2D eigenvalue weighted by molar-refractivity contribution is 7.25. The van der Waals surface area contributed by atoms with Crippen molar-refractivity contribution in [1.29, 1.82) is 0 Å². The first-order chi connectivity index (χ1) is 22.3. The highest BCUT2D eigenvalue weighted by Gasteiger charge is 2.16. The molecule has 0 saturated carbocycles. The predicted molar refractivity (Wildman–Crippen MR) is 190 cm³/mol. The number of thiophene rings is 1. The highest BCUT2D eigenvalue weighted by atomic mass is 32.1. The van der Waals surface area contributed by atoms with E-state index in [0.717, 1.165) is 50.1 Å². The van der Waals surface area contributed by atoms with E-state index >= 15 is 0 Å². The van der Waals surface area contributed by atoms with Crippen LogP contribution in [-0.2, 0) is 0 Å². The Labute approximate surface area is 264 Å². The van der Waals surface area contributed by atoms with Gasteiger partial charge in [0.1, 0.15) is 5.52 Å². The lowest BCUT2D eigenvalue weighted by atomic mass is 9.97. The lowest BCUT2D eigenvalue weighted by molar-refractivity contribution is 0.620. The average Bonchev–Trinajstić information content (AvgIpc) is 3.71. The molecule has 0 aliphatic heterocycles. The van der Waals surface area contributed by atoms with Crippen LogP contribution in [0.15, 0.2) is 162 Å². The molecule has 0 radical (unpaired) electrons. The summed E-state index contributed by atoms with van der Waals surface area (Å²) in [6.07, 6.45) is 0. The molecule has 3 nitrogen and oxygen atoms in total. The van der Waals surface area contributed by atoms with Crippen molar-refractivity contribution in [3.63, 3.8) is 0 Å². The molecule has 7 aromatic carbocycles. The summed E-state index contributed by atoms with van der Waals surface area (Å²) in [4.78, 5) is 7.25. The number of rotatable bonds is 5. The van der Waals surface area contributed by atoms with Crippen LogP contribution < -0.4 is 4.90 Å². The van der Waals surface area contributed by atoms with Gasteiger partial charge < -0.3 is 9.32 Å². The van der Waals surface area contributed by atoms with Gasteiger partial charge >= 0.3 is 0 Å². The molecule has 4 heteroatoms. The molecule has 0 bridgehead atoms. The first-order valence-electron chi connectivity index (χ1n) is 15.0. The maximum Gasteiger partial charge on any atom is 0.227 e. The van der Waals surface area contributed by atoms with Gasteiger partial charge in [-0.3, -0.25) is 0 Å². The summed E-state index contributed by atoms with van der Waals surface area (Å²) < 4.78 is 8.76. The van der Waals surface area contributed by atoms with Gasteiger partial charge in [-0.15, -0.1) is 11.3 Å². The topological polar surface area (TPSA) is 29.3 Å². The molecule has 9 aromatic rings. The minimum absolute atomic E-state index is 0.641. The summed E-state index contributed by atoms with van der Waals surface area (Å²) in [6.45, 7) is 0. The van der Waals surface area contributed by atoms with Crippen molar-refractivity contribution in [2.24, 2.45) is 0 Å². The van der Waals surface area contributed by atoms with Crippen molar-refractivity contribution >= 4 is 70.4 Å². The normalized spacial score (nSPS) is 11.6. The molecule has 0 aliphatic rings. The second-order valence-electron chi connectivity index (χ2n) is 11.2. The molecule has 0 spiro atoms. The Kier molecular flexibility index (Phi) is 6.00. The molecule has 9 rings (SSSR count). The molecule has 0 aliphatic carbocycles. The zero-order valence-electron chi connectivity index (χ0n) is 24.2. The first-order valence-corrected chi connectivity index (χ1v) is 15.9. The lowest BCUT2D eigenvalue weighted by Crippen LogP contribution is -2.09. The summed E-state index contributed by atoms with van der Waals surface area (Å²) >= 11 is 1.85. The van der Waals surface area contributed by atoms with Gasteiger partial charge in [-0.25, -0.2) is 4.98 Å². The Morgan fingerprint density at radius 1 is 0.467 bits per heavy atom. The van der Waals surface area contributed by atoms with Crippen LogP contribution in [0.5, 0.6) is 0 Å². The van der Waals surface area contributed by atoms with E-state index in [1.807, 2.05) is 47.7 Å². The second-order valence-corrected chi connectivity index (χ2v) is 12.3. The monoisotopic (exact) mass is 594 g/mol. The minimum Gasteiger partial charge on any atom is -0.436 e. The van der Waals surface area contributed by atoms with Crippen LogP contribution in [0.25, 0.3) is 64.6 Å². The van der Waals surface area contributed by atoms with Gasteiger partial charge in [-0.05, 0) is 83.2 Å². The maximum atomic E-state index is 6.16. The molecule has 2 heterocycles. The van der Waals surface area contributed by atoms with Gasteiger partial charge in [-0.1, -0.05) is 91.0 Å². The molecular weight excluding hydrogens is 569 g/mol. The fraction of sp³-hybridized carbons (Fsp3) is 0. The molecular formula is C41H26N2OS. The Morgan fingerprint density at radius 2 is 1.13 bits per heavy atom. The van der Waals surface area contributed by atoms with Crippen molar-refractivity contribution in [2.45, 2.75) is 0 Å². The average molecular weight is 595 g/mol. The highest BCUT2D eigenvalue weighted by Crippen LogP contribution is 2.41. The van der Waals surface area contributed by atoms with Gasteiger partial charge in [0.15, 0.2) is 5.58 Å². The molecule has 0 saturated heterocycles. The zero-order chi connectivity index (χ0) is 29.7. The molecule has 0 fully saturated rings. The van der Waals surface area contributed by atoms with E-state index in [2.05, 4.69) is 126 Å². The van der Waals surface area contributed by atoms with Crippen LogP contribution in [0.4, 0.5) is 17.1 Å². The standard InChI is InChI=1S/C41H26N2OS/c1-3-10-28(11-4-1)41-42-40-36-16-9-15-32(33(36)24-25-37(40)44-41)27-18-20-30(21-19-27)43(29-12-5-2-6-13-29)31-22-23-35-34-14-7-8-17-38(34)45-39(35)26-31/h1-26H. The molecule has 212 valence electrons. The summed E-state index contributed by atoms with van der Waals surface area (Å²) in [5.74, 6) is 0.641. The SMILES string of the molecule is c1ccc(-c2nc3c(ccc4c(-c5ccc(N(c6ccccc6)c6ccc7c(c6)sc6ccccc67)cc5)cccc43)o2)cc1. The number of fused-ring (bicyclic) bond motifs is 6. The summed E-state index contributed by atoms with van der Waals surface area (Å²) in [5, 5.41) is 4.85. The third-order valence-electron chi connectivity index (χ3n) is 8.51. The maximum absolute atomic E-state index is 6.16. The van der Waals surface area contributed by atoms with Gasteiger partial charge in [0.05, 0.1) is 0 Å². The molecule has 0 atom stereocenters. The number of aromatic nitrogens is 1. The van der Waals surface area contributed by atoms with E-state index in [-0.39, 0.29) is 0 Å². The second kappa shape index (κ2) is 10.5. The molecule has 2 aromatic heterocycles. The van der Waals surface area contributed by atoms with E-state index in [0.29, 0.717) is 5.89 Å². The van der Waals surface area contributed by atoms with Crippen LogP contribution in [0.3, 0.4) is 0 Å². The third-order valence-corrected chi connectivity index (χ3v) is 9.64. The van der Waals surface area contributed by atoms with Gasteiger partial charge in [0.25, 0.3) is 0 Å². The van der Waals surface area contributed by atoms with Crippen molar-refractivity contribution in [2.75, 3.05) is 4.90 Å². The Bertz CT molecular complexity index is 2480. The van der Waals surface area contributed by atoms with Crippen LogP contribution in [-0.4, -0.2) is 4.98 Å². The van der Waals surface area contributed by atoms with Crippen LogP contribution in [0.2, 0.25) is 0 Å². The molecule has 0 amide bonds. The van der Waals surface area contributed by atoms with E-state index in [1.54, 1.807) is 0 Å². The fourth-order valence-electron chi connectivity index (χ4n) is 6.37. The number of hydrogen-bond acceptors (Lipinski definition) is 4. The van der Waals surface area contributed by atoms with Crippen LogP contribution in [0.1, 0.15) is 0 Å². The van der Waals surface area contributed by atoms with Crippen molar-refractivity contribution < 1.29 is 4.42 Å². The van der Waals surface area contributed by atoms with E-state index in [9.17, 15) is 0 Å². The Balaban J connectivity index is 1.13. The van der Waals surface area contributed by atoms with Crippen LogP contribution >= 0.6 is 11.3 Å². The lowest BCUT2D eigenvalue weighted by Gasteiger charge is -2.25. The van der Waals surface area contributed by atoms with Crippen molar-refractivity contribution in [3.05, 3.63) is 158 Å². The summed E-state index contributed by atoms with van der Waals surface area (Å²) in [7, 11) is 0.